The Morgan fingerprint density at radius 1 is 1.13 bits per heavy atom. The van der Waals surface area contributed by atoms with Crippen LogP contribution >= 0.6 is 11.3 Å². The molecular formula is C24H26N2O3S. The fourth-order valence-corrected chi connectivity index (χ4v) is 3.71. The Morgan fingerprint density at radius 2 is 1.90 bits per heavy atom. The van der Waals surface area contributed by atoms with Crippen LogP contribution in [-0.4, -0.2) is 24.6 Å². The number of ether oxygens (including phenoxy) is 2. The predicted octanol–water partition coefficient (Wildman–Crippen LogP) is 5.88. The van der Waals surface area contributed by atoms with Gasteiger partial charge in [-0.3, -0.25) is 10.1 Å². The summed E-state index contributed by atoms with van der Waals surface area (Å²) in [7, 11) is 1.60. The van der Waals surface area contributed by atoms with Crippen molar-refractivity contribution in [2.75, 3.05) is 19.0 Å². The molecule has 0 atom stereocenters. The fraction of sp³-hybridized carbons (Fsp3) is 0.250. The maximum absolute atomic E-state index is 12.4. The van der Waals surface area contributed by atoms with Crippen LogP contribution in [0.2, 0.25) is 0 Å². The van der Waals surface area contributed by atoms with Crippen molar-refractivity contribution in [2.45, 2.75) is 27.2 Å². The second-order valence-electron chi connectivity index (χ2n) is 6.87. The van der Waals surface area contributed by atoms with Gasteiger partial charge in [0.1, 0.15) is 0 Å². The maximum Gasteiger partial charge on any atom is 0.250 e. The first-order valence-electron chi connectivity index (χ1n) is 9.84. The number of anilines is 1. The minimum absolute atomic E-state index is 0.232. The Balaban J connectivity index is 1.68. The highest BCUT2D eigenvalue weighted by molar-refractivity contribution is 7.16. The summed E-state index contributed by atoms with van der Waals surface area (Å²) in [6.07, 6.45) is 4.15. The number of benzene rings is 2. The molecule has 1 amide bonds. The van der Waals surface area contributed by atoms with Crippen LogP contribution in [-0.2, 0) is 4.79 Å². The third-order valence-electron chi connectivity index (χ3n) is 4.43. The number of thiazole rings is 1. The van der Waals surface area contributed by atoms with Crippen LogP contribution in [0, 0.1) is 13.8 Å². The number of hydrogen-bond acceptors (Lipinski definition) is 5. The molecule has 0 radical (unpaired) electrons. The third kappa shape index (κ3) is 5.48. The van der Waals surface area contributed by atoms with Gasteiger partial charge < -0.3 is 9.47 Å². The van der Waals surface area contributed by atoms with Gasteiger partial charge in [-0.25, -0.2) is 4.98 Å². The van der Waals surface area contributed by atoms with Crippen molar-refractivity contribution in [1.82, 2.24) is 4.98 Å². The molecule has 3 aromatic rings. The van der Waals surface area contributed by atoms with Crippen LogP contribution in [0.3, 0.4) is 0 Å². The average molecular weight is 423 g/mol. The van der Waals surface area contributed by atoms with Gasteiger partial charge in [-0.05, 0) is 44.0 Å². The zero-order chi connectivity index (χ0) is 21.5. The monoisotopic (exact) mass is 422 g/mol. The van der Waals surface area contributed by atoms with E-state index in [-0.39, 0.29) is 5.91 Å². The molecule has 1 N–H and O–H groups in total. The summed E-state index contributed by atoms with van der Waals surface area (Å²) in [5.74, 6) is 1.11. The number of rotatable bonds is 8. The van der Waals surface area contributed by atoms with Crippen molar-refractivity contribution < 1.29 is 14.3 Å². The lowest BCUT2D eigenvalue weighted by molar-refractivity contribution is -0.111. The number of aromatic nitrogens is 1. The van der Waals surface area contributed by atoms with Gasteiger partial charge in [0.15, 0.2) is 16.6 Å². The average Bonchev–Trinajstić information content (AvgIpc) is 3.11. The zero-order valence-corrected chi connectivity index (χ0v) is 18.5. The number of carbonyl (C=O) groups is 1. The third-order valence-corrected chi connectivity index (χ3v) is 5.31. The Hall–Kier alpha value is -3.12. The van der Waals surface area contributed by atoms with E-state index in [1.807, 2.05) is 37.3 Å². The van der Waals surface area contributed by atoms with E-state index in [2.05, 4.69) is 36.3 Å². The lowest BCUT2D eigenvalue weighted by Crippen LogP contribution is -2.07. The summed E-state index contributed by atoms with van der Waals surface area (Å²) in [6, 6.07) is 13.8. The number of aryl methyl sites for hydroxylation is 2. The highest BCUT2D eigenvalue weighted by atomic mass is 32.1. The molecule has 156 valence electrons. The van der Waals surface area contributed by atoms with Gasteiger partial charge >= 0.3 is 0 Å². The molecule has 2 aromatic carbocycles. The number of carbonyl (C=O) groups excluding carboxylic acids is 1. The summed E-state index contributed by atoms with van der Waals surface area (Å²) in [5, 5.41) is 3.43. The second kappa shape index (κ2) is 10.1. The van der Waals surface area contributed by atoms with Gasteiger partial charge in [0, 0.05) is 16.5 Å². The van der Waals surface area contributed by atoms with Gasteiger partial charge in [-0.15, -0.1) is 11.3 Å². The van der Waals surface area contributed by atoms with Gasteiger partial charge in [-0.1, -0.05) is 42.8 Å². The largest absolute Gasteiger partial charge is 0.493 e. The first-order valence-corrected chi connectivity index (χ1v) is 10.7. The zero-order valence-electron chi connectivity index (χ0n) is 17.7. The molecule has 0 spiro atoms. The molecule has 0 fully saturated rings. The van der Waals surface area contributed by atoms with Crippen LogP contribution in [0.1, 0.15) is 29.3 Å². The lowest BCUT2D eigenvalue weighted by atomic mass is 10.1. The Morgan fingerprint density at radius 3 is 2.60 bits per heavy atom. The van der Waals surface area contributed by atoms with Crippen molar-refractivity contribution in [2.24, 2.45) is 0 Å². The first-order chi connectivity index (χ1) is 14.5. The van der Waals surface area contributed by atoms with Crippen LogP contribution in [0.15, 0.2) is 48.5 Å². The van der Waals surface area contributed by atoms with E-state index in [1.54, 1.807) is 13.2 Å². The van der Waals surface area contributed by atoms with Crippen molar-refractivity contribution in [3.05, 3.63) is 64.5 Å². The van der Waals surface area contributed by atoms with Crippen LogP contribution in [0.4, 0.5) is 5.13 Å². The quantitative estimate of drug-likeness (QED) is 0.461. The van der Waals surface area contributed by atoms with E-state index in [0.717, 1.165) is 28.1 Å². The van der Waals surface area contributed by atoms with E-state index in [9.17, 15) is 4.79 Å². The Labute approximate surface area is 181 Å². The number of amides is 1. The minimum Gasteiger partial charge on any atom is -0.493 e. The number of nitrogens with one attached hydrogen (secondary N) is 1. The standard InChI is InChI=1S/C24H26N2O3S/c1-5-14-29-20-12-8-18(15-21(20)28-4)9-13-22(27)25-24-26-23(17(3)30-24)19-10-6-16(2)7-11-19/h6-13,15H,5,14H2,1-4H3,(H,25,26,27)/b13-9+. The highest BCUT2D eigenvalue weighted by Crippen LogP contribution is 2.31. The summed E-state index contributed by atoms with van der Waals surface area (Å²) in [6.45, 7) is 6.74. The normalized spacial score (nSPS) is 10.9. The van der Waals surface area contributed by atoms with E-state index in [0.29, 0.717) is 23.2 Å². The summed E-state index contributed by atoms with van der Waals surface area (Å²) in [4.78, 5) is 18.0. The summed E-state index contributed by atoms with van der Waals surface area (Å²) in [5.41, 5.74) is 3.99. The molecule has 0 unspecified atom stereocenters. The molecule has 0 bridgehead atoms. The Kier molecular flexibility index (Phi) is 7.25. The lowest BCUT2D eigenvalue weighted by Gasteiger charge is -2.10. The van der Waals surface area contributed by atoms with E-state index < -0.39 is 0 Å². The summed E-state index contributed by atoms with van der Waals surface area (Å²) >= 11 is 1.47. The molecule has 0 aliphatic heterocycles. The van der Waals surface area contributed by atoms with Crippen LogP contribution < -0.4 is 14.8 Å². The van der Waals surface area contributed by atoms with Gasteiger partial charge in [0.05, 0.1) is 19.4 Å². The molecule has 5 nitrogen and oxygen atoms in total. The fourth-order valence-electron chi connectivity index (χ4n) is 2.87. The van der Waals surface area contributed by atoms with E-state index in [1.165, 1.54) is 23.0 Å². The van der Waals surface area contributed by atoms with Gasteiger partial charge in [0.25, 0.3) is 0 Å². The predicted molar refractivity (Wildman–Crippen MR) is 123 cm³/mol. The first kappa shape index (κ1) is 21.6. The second-order valence-corrected chi connectivity index (χ2v) is 8.07. The highest BCUT2D eigenvalue weighted by Gasteiger charge is 2.11. The number of methoxy groups -OCH3 is 1. The molecule has 1 heterocycles. The molecule has 0 aliphatic carbocycles. The van der Waals surface area contributed by atoms with Crippen molar-refractivity contribution in [1.29, 1.82) is 0 Å². The van der Waals surface area contributed by atoms with E-state index >= 15 is 0 Å². The van der Waals surface area contributed by atoms with Gasteiger partial charge in [-0.2, -0.15) is 0 Å². The van der Waals surface area contributed by atoms with Crippen LogP contribution in [0.25, 0.3) is 17.3 Å². The molecule has 1 aromatic heterocycles. The molecule has 0 saturated carbocycles. The molecule has 3 rings (SSSR count). The molecule has 0 aliphatic rings. The SMILES string of the molecule is CCCOc1ccc(/C=C/C(=O)Nc2nc(-c3ccc(C)cc3)c(C)s2)cc1OC. The minimum atomic E-state index is -0.232. The number of nitrogens with zero attached hydrogens (tertiary/aromatic N) is 1. The Bertz CT molecular complexity index is 1040. The number of hydrogen-bond donors (Lipinski definition) is 1. The molecule has 6 heteroatoms. The summed E-state index contributed by atoms with van der Waals surface area (Å²) < 4.78 is 11.0. The van der Waals surface area contributed by atoms with Gasteiger partial charge in [0.2, 0.25) is 5.91 Å². The van der Waals surface area contributed by atoms with Crippen molar-refractivity contribution in [3.63, 3.8) is 0 Å². The maximum atomic E-state index is 12.4. The van der Waals surface area contributed by atoms with Crippen molar-refractivity contribution in [3.8, 4) is 22.8 Å². The molecule has 30 heavy (non-hydrogen) atoms. The van der Waals surface area contributed by atoms with Crippen LogP contribution in [0.5, 0.6) is 11.5 Å². The topological polar surface area (TPSA) is 60.5 Å². The van der Waals surface area contributed by atoms with Crippen molar-refractivity contribution >= 4 is 28.5 Å². The molecular weight excluding hydrogens is 396 g/mol. The smallest absolute Gasteiger partial charge is 0.250 e. The molecule has 0 saturated heterocycles. The van der Waals surface area contributed by atoms with E-state index in [4.69, 9.17) is 9.47 Å².